The summed E-state index contributed by atoms with van der Waals surface area (Å²) in [5, 5.41) is 20.6. The van der Waals surface area contributed by atoms with Crippen molar-refractivity contribution < 1.29 is 14.9 Å². The van der Waals surface area contributed by atoms with Crippen LogP contribution in [-0.4, -0.2) is 34.1 Å². The molecule has 2 unspecified atom stereocenters. The minimum absolute atomic E-state index is 0.233. The van der Waals surface area contributed by atoms with Crippen LogP contribution in [0.25, 0.3) is 0 Å². The van der Waals surface area contributed by atoms with Gasteiger partial charge in [-0.1, -0.05) is 0 Å². The number of methoxy groups -OCH3 is 1. The van der Waals surface area contributed by atoms with Crippen LogP contribution in [0.2, 0.25) is 0 Å². The van der Waals surface area contributed by atoms with Gasteiger partial charge in [0.15, 0.2) is 0 Å². The van der Waals surface area contributed by atoms with E-state index in [4.69, 9.17) is 4.74 Å². The van der Waals surface area contributed by atoms with E-state index in [2.05, 4.69) is 0 Å². The Morgan fingerprint density at radius 1 is 1.00 bits per heavy atom. The highest BCUT2D eigenvalue weighted by Crippen LogP contribution is 2.60. The summed E-state index contributed by atoms with van der Waals surface area (Å²) in [7, 11) is 1.71. The van der Waals surface area contributed by atoms with Crippen molar-refractivity contribution in [2.24, 2.45) is 5.92 Å². The van der Waals surface area contributed by atoms with Gasteiger partial charge in [-0.3, -0.25) is 0 Å². The number of rotatable bonds is 1. The van der Waals surface area contributed by atoms with Crippen LogP contribution in [0.4, 0.5) is 0 Å². The molecule has 0 aromatic heterocycles. The third kappa shape index (κ3) is 1.09. The lowest BCUT2D eigenvalue weighted by Crippen LogP contribution is -2.66. The van der Waals surface area contributed by atoms with Crippen LogP contribution in [0.15, 0.2) is 0 Å². The summed E-state index contributed by atoms with van der Waals surface area (Å²) in [5.41, 5.74) is -1.53. The monoisotopic (exact) mass is 198 g/mol. The molecule has 0 saturated heterocycles. The summed E-state index contributed by atoms with van der Waals surface area (Å²) >= 11 is 0. The average molecular weight is 198 g/mol. The smallest absolute Gasteiger partial charge is 0.0736 e. The van der Waals surface area contributed by atoms with Crippen molar-refractivity contribution in [2.75, 3.05) is 7.11 Å². The Kier molecular flexibility index (Phi) is 1.53. The third-order valence-electron chi connectivity index (χ3n) is 4.39. The Bertz CT molecular complexity index is 258. The van der Waals surface area contributed by atoms with Gasteiger partial charge >= 0.3 is 0 Å². The Morgan fingerprint density at radius 3 is 2.00 bits per heavy atom. The molecule has 4 aliphatic rings. The minimum atomic E-state index is -0.649. The predicted octanol–water partition coefficient (Wildman–Crippen LogP) is 0.831. The highest BCUT2D eigenvalue weighted by molar-refractivity contribution is 5.15. The Morgan fingerprint density at radius 2 is 1.57 bits per heavy atom. The van der Waals surface area contributed by atoms with Crippen LogP contribution >= 0.6 is 0 Å². The van der Waals surface area contributed by atoms with Crippen LogP contribution in [0.3, 0.4) is 0 Å². The van der Waals surface area contributed by atoms with Gasteiger partial charge in [0, 0.05) is 26.4 Å². The van der Waals surface area contributed by atoms with E-state index in [0.717, 1.165) is 32.1 Å². The van der Waals surface area contributed by atoms with E-state index in [1.54, 1.807) is 7.11 Å². The summed E-state index contributed by atoms with van der Waals surface area (Å²) in [6, 6.07) is 0. The zero-order chi connectivity index (χ0) is 10.0. The van der Waals surface area contributed by atoms with E-state index >= 15 is 0 Å². The highest BCUT2D eigenvalue weighted by atomic mass is 16.5. The number of ether oxygens (including phenoxy) is 1. The first-order valence-electron chi connectivity index (χ1n) is 5.47. The normalized spacial score (nSPS) is 60.6. The Balaban J connectivity index is 2.01. The maximum atomic E-state index is 10.3. The van der Waals surface area contributed by atoms with Crippen molar-refractivity contribution in [3.8, 4) is 0 Å². The molecule has 0 aliphatic heterocycles. The second-order valence-electron chi connectivity index (χ2n) is 5.84. The fraction of sp³-hybridized carbons (Fsp3) is 1.00. The topological polar surface area (TPSA) is 49.7 Å². The van der Waals surface area contributed by atoms with Gasteiger partial charge in [-0.2, -0.15) is 0 Å². The largest absolute Gasteiger partial charge is 0.390 e. The maximum Gasteiger partial charge on any atom is 0.0736 e. The van der Waals surface area contributed by atoms with E-state index < -0.39 is 11.2 Å². The molecule has 2 N–H and O–H groups in total. The summed E-state index contributed by atoms with van der Waals surface area (Å²) in [4.78, 5) is 0. The molecule has 4 bridgehead atoms. The van der Waals surface area contributed by atoms with Crippen molar-refractivity contribution in [3.05, 3.63) is 0 Å². The van der Waals surface area contributed by atoms with Crippen molar-refractivity contribution in [1.29, 1.82) is 0 Å². The molecule has 2 atom stereocenters. The molecule has 0 aromatic rings. The molecule has 80 valence electrons. The molecule has 4 rings (SSSR count). The van der Waals surface area contributed by atoms with E-state index in [1.165, 1.54) is 0 Å². The van der Waals surface area contributed by atoms with Gasteiger partial charge in [-0.25, -0.2) is 0 Å². The van der Waals surface area contributed by atoms with Gasteiger partial charge in [-0.15, -0.1) is 0 Å². The molecule has 0 heterocycles. The molecule has 14 heavy (non-hydrogen) atoms. The lowest BCUT2D eigenvalue weighted by atomic mass is 9.50. The van der Waals surface area contributed by atoms with E-state index in [1.807, 2.05) is 0 Å². The van der Waals surface area contributed by atoms with Gasteiger partial charge in [-0.05, 0) is 25.2 Å². The summed E-state index contributed by atoms with van der Waals surface area (Å²) in [6.45, 7) is 0. The Hall–Kier alpha value is -0.120. The van der Waals surface area contributed by atoms with Crippen molar-refractivity contribution in [1.82, 2.24) is 0 Å². The lowest BCUT2D eigenvalue weighted by Gasteiger charge is -2.62. The average Bonchev–Trinajstić information content (AvgIpc) is 1.97. The molecule has 4 fully saturated rings. The van der Waals surface area contributed by atoms with Gasteiger partial charge in [0.1, 0.15) is 0 Å². The van der Waals surface area contributed by atoms with Crippen LogP contribution < -0.4 is 0 Å². The molecule has 0 amide bonds. The molecular weight excluding hydrogens is 180 g/mol. The van der Waals surface area contributed by atoms with E-state index in [9.17, 15) is 10.2 Å². The van der Waals surface area contributed by atoms with Crippen LogP contribution in [0, 0.1) is 5.92 Å². The van der Waals surface area contributed by atoms with Crippen LogP contribution in [-0.2, 0) is 4.74 Å². The second kappa shape index (κ2) is 2.34. The predicted molar refractivity (Wildman–Crippen MR) is 50.8 cm³/mol. The van der Waals surface area contributed by atoms with Crippen molar-refractivity contribution in [3.63, 3.8) is 0 Å². The quantitative estimate of drug-likeness (QED) is 0.656. The van der Waals surface area contributed by atoms with Crippen molar-refractivity contribution >= 4 is 0 Å². The standard InChI is InChI=1S/C11H18O3/c1-14-11-4-8-2-9(12,6-11)5-10(13,3-8)7-11/h8,12-13H,2-7H2,1H3. The molecule has 0 aromatic carbocycles. The van der Waals surface area contributed by atoms with Crippen LogP contribution in [0.1, 0.15) is 38.5 Å². The first-order chi connectivity index (χ1) is 6.47. The zero-order valence-corrected chi connectivity index (χ0v) is 8.62. The van der Waals surface area contributed by atoms with E-state index in [0.29, 0.717) is 12.3 Å². The maximum absolute atomic E-state index is 10.3. The van der Waals surface area contributed by atoms with Gasteiger partial charge in [0.25, 0.3) is 0 Å². The molecule has 4 saturated carbocycles. The first-order valence-corrected chi connectivity index (χ1v) is 5.47. The first kappa shape index (κ1) is 9.13. The fourth-order valence-electron chi connectivity index (χ4n) is 4.48. The summed E-state index contributed by atoms with van der Waals surface area (Å²) in [6.07, 6.45) is 4.74. The molecule has 4 aliphatic carbocycles. The zero-order valence-electron chi connectivity index (χ0n) is 8.62. The SMILES string of the molecule is COC12CC3CC(O)(CC(O)(C3)C1)C2. The Labute approximate surface area is 84.1 Å². The molecule has 3 heteroatoms. The summed E-state index contributed by atoms with van der Waals surface area (Å²) < 4.78 is 5.56. The number of hydrogen-bond acceptors (Lipinski definition) is 3. The molecule has 0 radical (unpaired) electrons. The van der Waals surface area contributed by atoms with Gasteiger partial charge < -0.3 is 14.9 Å². The minimum Gasteiger partial charge on any atom is -0.390 e. The van der Waals surface area contributed by atoms with Gasteiger partial charge in [0.2, 0.25) is 0 Å². The fourth-order valence-corrected chi connectivity index (χ4v) is 4.48. The molecule has 0 spiro atoms. The van der Waals surface area contributed by atoms with Crippen LogP contribution in [0.5, 0.6) is 0 Å². The molecular formula is C11H18O3. The lowest BCUT2D eigenvalue weighted by molar-refractivity contribution is -0.260. The molecule has 3 nitrogen and oxygen atoms in total. The van der Waals surface area contributed by atoms with Gasteiger partial charge in [0.05, 0.1) is 16.8 Å². The van der Waals surface area contributed by atoms with Crippen molar-refractivity contribution in [2.45, 2.75) is 55.3 Å². The number of hydrogen-bond donors (Lipinski definition) is 2. The summed E-state index contributed by atoms with van der Waals surface area (Å²) in [5.74, 6) is 0.459. The second-order valence-corrected chi connectivity index (χ2v) is 5.84. The van der Waals surface area contributed by atoms with E-state index in [-0.39, 0.29) is 5.60 Å². The highest BCUT2D eigenvalue weighted by Gasteiger charge is 2.63. The number of aliphatic hydroxyl groups is 2. The third-order valence-corrected chi connectivity index (χ3v) is 4.39.